The summed E-state index contributed by atoms with van der Waals surface area (Å²) in [7, 11) is 0. The Labute approximate surface area is 117 Å². The van der Waals surface area contributed by atoms with Gasteiger partial charge >= 0.3 is 0 Å². The van der Waals surface area contributed by atoms with Crippen molar-refractivity contribution in [1.82, 2.24) is 0 Å². The average Bonchev–Trinajstić information content (AvgIpc) is 2.68. The highest BCUT2D eigenvalue weighted by Gasteiger charge is 2.13. The van der Waals surface area contributed by atoms with Crippen LogP contribution in [0.25, 0.3) is 0 Å². The predicted molar refractivity (Wildman–Crippen MR) is 76.2 cm³/mol. The van der Waals surface area contributed by atoms with Crippen LogP contribution in [-0.4, -0.2) is 0 Å². The Morgan fingerprint density at radius 1 is 1.12 bits per heavy atom. The number of benzene rings is 1. The average molecular weight is 336 g/mol. The van der Waals surface area contributed by atoms with Gasteiger partial charge in [-0.25, -0.2) is 0 Å². The van der Waals surface area contributed by atoms with Gasteiger partial charge in [0.15, 0.2) is 0 Å². The maximum Gasteiger partial charge on any atom is 0.0556 e. The highest BCUT2D eigenvalue weighted by molar-refractivity contribution is 9.09. The number of thiophene rings is 1. The van der Waals surface area contributed by atoms with Crippen LogP contribution in [0.5, 0.6) is 0 Å². The summed E-state index contributed by atoms with van der Waals surface area (Å²) in [6.07, 6.45) is 0.914. The van der Waals surface area contributed by atoms with Gasteiger partial charge in [0, 0.05) is 9.90 Å². The highest BCUT2D eigenvalue weighted by atomic mass is 79.9. The lowest BCUT2D eigenvalue weighted by atomic mass is 10.1. The number of hydrogen-bond acceptors (Lipinski definition) is 1. The molecular weight excluding hydrogens is 327 g/mol. The Morgan fingerprint density at radius 2 is 1.81 bits per heavy atom. The molecule has 0 N–H and O–H groups in total. The van der Waals surface area contributed by atoms with E-state index in [0.29, 0.717) is 0 Å². The smallest absolute Gasteiger partial charge is 0.0556 e. The zero-order valence-corrected chi connectivity index (χ0v) is 12.2. The van der Waals surface area contributed by atoms with Gasteiger partial charge in [0.05, 0.1) is 9.85 Å². The molecule has 0 aliphatic rings. The molecule has 0 aliphatic heterocycles. The third-order valence-corrected chi connectivity index (χ3v) is 5.07. The van der Waals surface area contributed by atoms with Gasteiger partial charge in [0.2, 0.25) is 0 Å². The van der Waals surface area contributed by atoms with E-state index in [1.165, 1.54) is 10.4 Å². The van der Waals surface area contributed by atoms with E-state index in [4.69, 9.17) is 23.2 Å². The molecule has 1 aromatic carbocycles. The van der Waals surface area contributed by atoms with Gasteiger partial charge in [-0.3, -0.25) is 0 Å². The molecule has 0 amide bonds. The van der Waals surface area contributed by atoms with Gasteiger partial charge in [0.25, 0.3) is 0 Å². The summed E-state index contributed by atoms with van der Waals surface area (Å²) in [6.45, 7) is 0. The van der Waals surface area contributed by atoms with Crippen LogP contribution in [0, 0.1) is 0 Å². The standard InChI is InChI=1S/C12H9BrCl2S/c13-10(12-11(15)5-6-16-12)7-8-1-3-9(14)4-2-8/h1-6,10H,7H2. The summed E-state index contributed by atoms with van der Waals surface area (Å²) in [5, 5.41) is 3.61. The monoisotopic (exact) mass is 334 g/mol. The van der Waals surface area contributed by atoms with Crippen molar-refractivity contribution in [2.24, 2.45) is 0 Å². The topological polar surface area (TPSA) is 0 Å². The molecule has 1 aromatic heterocycles. The summed E-state index contributed by atoms with van der Waals surface area (Å²) >= 11 is 17.3. The van der Waals surface area contributed by atoms with Crippen LogP contribution in [0.4, 0.5) is 0 Å². The minimum Gasteiger partial charge on any atom is -0.146 e. The second kappa shape index (κ2) is 5.54. The molecule has 84 valence electrons. The fraction of sp³-hybridized carbons (Fsp3) is 0.167. The summed E-state index contributed by atoms with van der Waals surface area (Å²) in [5.74, 6) is 0. The second-order valence-corrected chi connectivity index (χ2v) is 6.33. The zero-order valence-electron chi connectivity index (χ0n) is 8.29. The predicted octanol–water partition coefficient (Wildman–Crippen LogP) is 5.73. The molecule has 0 radical (unpaired) electrons. The van der Waals surface area contributed by atoms with E-state index < -0.39 is 0 Å². The van der Waals surface area contributed by atoms with Crippen LogP contribution in [-0.2, 0) is 6.42 Å². The molecule has 1 heterocycles. The van der Waals surface area contributed by atoms with Crippen molar-refractivity contribution in [1.29, 1.82) is 0 Å². The van der Waals surface area contributed by atoms with E-state index in [9.17, 15) is 0 Å². The summed E-state index contributed by atoms with van der Waals surface area (Å²) in [4.78, 5) is 1.44. The Hall–Kier alpha value is -0.0200. The van der Waals surface area contributed by atoms with Crippen molar-refractivity contribution < 1.29 is 0 Å². The fourth-order valence-electron chi connectivity index (χ4n) is 1.45. The van der Waals surface area contributed by atoms with Gasteiger partial charge < -0.3 is 0 Å². The largest absolute Gasteiger partial charge is 0.146 e. The van der Waals surface area contributed by atoms with E-state index >= 15 is 0 Å². The van der Waals surface area contributed by atoms with Crippen molar-refractivity contribution in [3.05, 3.63) is 56.2 Å². The van der Waals surface area contributed by atoms with Crippen molar-refractivity contribution in [2.75, 3.05) is 0 Å². The third-order valence-electron chi connectivity index (χ3n) is 2.26. The van der Waals surface area contributed by atoms with E-state index in [1.54, 1.807) is 11.3 Å². The molecule has 1 unspecified atom stereocenters. The molecule has 2 rings (SSSR count). The van der Waals surface area contributed by atoms with Crippen LogP contribution < -0.4 is 0 Å². The summed E-state index contributed by atoms with van der Waals surface area (Å²) < 4.78 is 0. The van der Waals surface area contributed by atoms with E-state index in [2.05, 4.69) is 15.9 Å². The van der Waals surface area contributed by atoms with Crippen molar-refractivity contribution in [3.63, 3.8) is 0 Å². The minimum absolute atomic E-state index is 0.265. The molecule has 4 heteroatoms. The Morgan fingerprint density at radius 3 is 2.38 bits per heavy atom. The summed E-state index contributed by atoms with van der Waals surface area (Å²) in [5.41, 5.74) is 1.25. The van der Waals surface area contributed by atoms with Gasteiger partial charge in [-0.05, 0) is 35.6 Å². The van der Waals surface area contributed by atoms with Crippen LogP contribution in [0.1, 0.15) is 15.3 Å². The Kier molecular flexibility index (Phi) is 4.31. The molecule has 2 aromatic rings. The quantitative estimate of drug-likeness (QED) is 0.628. The molecule has 0 saturated heterocycles. The van der Waals surface area contributed by atoms with Crippen LogP contribution >= 0.6 is 50.5 Å². The van der Waals surface area contributed by atoms with Gasteiger partial charge in [-0.2, -0.15) is 0 Å². The highest BCUT2D eigenvalue weighted by Crippen LogP contribution is 2.36. The van der Waals surface area contributed by atoms with Crippen LogP contribution in [0.3, 0.4) is 0 Å². The number of hydrogen-bond donors (Lipinski definition) is 0. The Bertz CT molecular complexity index is 464. The lowest BCUT2D eigenvalue weighted by molar-refractivity contribution is 0.970. The Balaban J connectivity index is 2.10. The van der Waals surface area contributed by atoms with Gasteiger partial charge in [0.1, 0.15) is 0 Å². The molecular formula is C12H9BrCl2S. The van der Waals surface area contributed by atoms with E-state index in [1.807, 2.05) is 35.7 Å². The first kappa shape index (κ1) is 12.4. The van der Waals surface area contributed by atoms with E-state index in [-0.39, 0.29) is 4.83 Å². The third kappa shape index (κ3) is 3.01. The number of alkyl halides is 1. The SMILES string of the molecule is Clc1ccc(CC(Br)c2sccc2Cl)cc1. The first-order valence-corrected chi connectivity index (χ1v) is 7.33. The van der Waals surface area contributed by atoms with Crippen molar-refractivity contribution >= 4 is 50.5 Å². The second-order valence-electron chi connectivity index (χ2n) is 3.43. The van der Waals surface area contributed by atoms with Crippen LogP contribution in [0.15, 0.2) is 35.7 Å². The molecule has 0 spiro atoms. The van der Waals surface area contributed by atoms with Crippen LogP contribution in [0.2, 0.25) is 10.0 Å². The fourth-order valence-corrected chi connectivity index (χ4v) is 3.82. The molecule has 0 saturated carbocycles. The molecule has 0 fully saturated rings. The molecule has 0 bridgehead atoms. The number of halogens is 3. The van der Waals surface area contributed by atoms with Gasteiger partial charge in [-0.1, -0.05) is 51.3 Å². The lowest BCUT2D eigenvalue weighted by Gasteiger charge is -2.08. The molecule has 16 heavy (non-hydrogen) atoms. The maximum atomic E-state index is 6.09. The van der Waals surface area contributed by atoms with E-state index in [0.717, 1.165) is 16.5 Å². The summed E-state index contributed by atoms with van der Waals surface area (Å²) in [6, 6.07) is 9.83. The first-order chi connectivity index (χ1) is 7.66. The normalized spacial score (nSPS) is 12.7. The molecule has 0 nitrogen and oxygen atoms in total. The molecule has 0 aliphatic carbocycles. The van der Waals surface area contributed by atoms with Crippen molar-refractivity contribution in [3.8, 4) is 0 Å². The maximum absolute atomic E-state index is 6.09. The molecule has 1 atom stereocenters. The van der Waals surface area contributed by atoms with Crippen molar-refractivity contribution in [2.45, 2.75) is 11.2 Å². The van der Waals surface area contributed by atoms with Gasteiger partial charge in [-0.15, -0.1) is 11.3 Å². The zero-order chi connectivity index (χ0) is 11.5. The first-order valence-electron chi connectivity index (χ1n) is 4.78. The number of rotatable bonds is 3. The minimum atomic E-state index is 0.265. The lowest BCUT2D eigenvalue weighted by Crippen LogP contribution is -1.93.